The van der Waals surface area contributed by atoms with Crippen molar-refractivity contribution in [3.05, 3.63) is 35.6 Å². The van der Waals surface area contributed by atoms with E-state index in [1.807, 2.05) is 19.2 Å². The summed E-state index contributed by atoms with van der Waals surface area (Å²) in [6.45, 7) is 5.12. The average Bonchev–Trinajstić information content (AvgIpc) is 2.47. The molecule has 1 fully saturated rings. The first-order valence-corrected chi connectivity index (χ1v) is 7.39. The fourth-order valence-electron chi connectivity index (χ4n) is 2.56. The monoisotopic (exact) mass is 405 g/mol. The molecule has 3 nitrogen and oxygen atoms in total. The van der Waals surface area contributed by atoms with E-state index in [1.165, 1.54) is 18.9 Å². The molecule has 1 aromatic rings. The van der Waals surface area contributed by atoms with Crippen LogP contribution in [0.5, 0.6) is 0 Å². The Morgan fingerprint density at radius 3 is 2.62 bits per heavy atom. The highest BCUT2D eigenvalue weighted by atomic mass is 127. The van der Waals surface area contributed by atoms with Gasteiger partial charge in [-0.15, -0.1) is 24.0 Å². The minimum atomic E-state index is -0.129. The zero-order valence-electron chi connectivity index (χ0n) is 12.8. The van der Waals surface area contributed by atoms with Gasteiger partial charge in [-0.3, -0.25) is 4.99 Å². The molecular formula is C16H25FIN3. The number of likely N-dealkylation sites (tertiary alicyclic amines) is 1. The van der Waals surface area contributed by atoms with Crippen molar-refractivity contribution >= 4 is 29.9 Å². The fourth-order valence-corrected chi connectivity index (χ4v) is 2.56. The second-order valence-corrected chi connectivity index (χ2v) is 5.48. The third kappa shape index (κ3) is 5.45. The van der Waals surface area contributed by atoms with Crippen LogP contribution in [0.1, 0.15) is 25.3 Å². The molecule has 0 spiro atoms. The smallest absolute Gasteiger partial charge is 0.193 e. The van der Waals surface area contributed by atoms with Gasteiger partial charge in [-0.25, -0.2) is 4.39 Å². The standard InChI is InChI=1S/C16H24FN3.HI/c1-13-8-11-20(12-9-13)16(18-2)19-10-7-14-5-3-4-6-15(14)17;/h3-6,13H,7-12H2,1-2H3,(H,18,19);1H. The van der Waals surface area contributed by atoms with E-state index in [4.69, 9.17) is 0 Å². The fraction of sp³-hybridized carbons (Fsp3) is 0.562. The van der Waals surface area contributed by atoms with E-state index in [2.05, 4.69) is 22.1 Å². The Morgan fingerprint density at radius 1 is 1.33 bits per heavy atom. The van der Waals surface area contributed by atoms with Gasteiger partial charge in [0, 0.05) is 26.7 Å². The summed E-state index contributed by atoms with van der Waals surface area (Å²) in [4.78, 5) is 6.62. The summed E-state index contributed by atoms with van der Waals surface area (Å²) in [5, 5.41) is 3.34. The number of aliphatic imine (C=N–C) groups is 1. The molecule has 2 rings (SSSR count). The van der Waals surface area contributed by atoms with Crippen LogP contribution in [0.3, 0.4) is 0 Å². The normalized spacial score (nSPS) is 16.5. The molecule has 0 saturated carbocycles. The van der Waals surface area contributed by atoms with Crippen LogP contribution in [-0.2, 0) is 6.42 Å². The summed E-state index contributed by atoms with van der Waals surface area (Å²) >= 11 is 0. The SMILES string of the molecule is CN=C(NCCc1ccccc1F)N1CCC(C)CC1.I. The third-order valence-electron chi connectivity index (χ3n) is 3.93. The Labute approximate surface area is 144 Å². The summed E-state index contributed by atoms with van der Waals surface area (Å²) in [5.74, 6) is 1.62. The van der Waals surface area contributed by atoms with Gasteiger partial charge in [0.25, 0.3) is 0 Å². The highest BCUT2D eigenvalue weighted by Gasteiger charge is 2.18. The summed E-state index contributed by atoms with van der Waals surface area (Å²) in [5.41, 5.74) is 0.753. The minimum absolute atomic E-state index is 0. The minimum Gasteiger partial charge on any atom is -0.356 e. The molecule has 0 amide bonds. The maximum Gasteiger partial charge on any atom is 0.193 e. The van der Waals surface area contributed by atoms with E-state index >= 15 is 0 Å². The second-order valence-electron chi connectivity index (χ2n) is 5.48. The molecule has 118 valence electrons. The van der Waals surface area contributed by atoms with Gasteiger partial charge in [0.15, 0.2) is 5.96 Å². The highest BCUT2D eigenvalue weighted by molar-refractivity contribution is 14.0. The Balaban J connectivity index is 0.00000220. The summed E-state index contributed by atoms with van der Waals surface area (Å²) in [7, 11) is 1.81. The largest absolute Gasteiger partial charge is 0.356 e. The van der Waals surface area contributed by atoms with Crippen molar-refractivity contribution in [3.8, 4) is 0 Å². The first kappa shape index (κ1) is 18.2. The van der Waals surface area contributed by atoms with Gasteiger partial charge in [-0.2, -0.15) is 0 Å². The summed E-state index contributed by atoms with van der Waals surface area (Å²) in [6.07, 6.45) is 3.11. The zero-order valence-corrected chi connectivity index (χ0v) is 15.1. The van der Waals surface area contributed by atoms with Crippen molar-refractivity contribution in [2.24, 2.45) is 10.9 Å². The van der Waals surface area contributed by atoms with Crippen molar-refractivity contribution in [2.75, 3.05) is 26.7 Å². The van der Waals surface area contributed by atoms with Crippen molar-refractivity contribution in [1.29, 1.82) is 0 Å². The van der Waals surface area contributed by atoms with E-state index in [-0.39, 0.29) is 29.8 Å². The predicted octanol–water partition coefficient (Wildman–Crippen LogP) is 3.29. The lowest BCUT2D eigenvalue weighted by atomic mass is 9.99. The Morgan fingerprint density at radius 2 is 2.00 bits per heavy atom. The van der Waals surface area contributed by atoms with Gasteiger partial charge in [0.05, 0.1) is 0 Å². The van der Waals surface area contributed by atoms with Crippen LogP contribution >= 0.6 is 24.0 Å². The molecule has 1 N–H and O–H groups in total. The average molecular weight is 405 g/mol. The number of nitrogens with one attached hydrogen (secondary N) is 1. The third-order valence-corrected chi connectivity index (χ3v) is 3.93. The van der Waals surface area contributed by atoms with Crippen LogP contribution in [-0.4, -0.2) is 37.5 Å². The number of piperidine rings is 1. The molecule has 1 aliphatic heterocycles. The highest BCUT2D eigenvalue weighted by Crippen LogP contribution is 2.15. The molecule has 0 aliphatic carbocycles. The predicted molar refractivity (Wildman–Crippen MR) is 96.9 cm³/mol. The van der Waals surface area contributed by atoms with Crippen LogP contribution < -0.4 is 5.32 Å². The number of guanidine groups is 1. The quantitative estimate of drug-likeness (QED) is 0.475. The Kier molecular flexibility index (Phi) is 8.00. The van der Waals surface area contributed by atoms with Crippen LogP contribution in [0.25, 0.3) is 0 Å². The molecule has 5 heteroatoms. The van der Waals surface area contributed by atoms with Gasteiger partial charge in [0.1, 0.15) is 5.82 Å². The van der Waals surface area contributed by atoms with Gasteiger partial charge < -0.3 is 10.2 Å². The molecule has 1 aromatic carbocycles. The van der Waals surface area contributed by atoms with Crippen LogP contribution in [0.4, 0.5) is 4.39 Å². The molecule has 0 radical (unpaired) electrons. The Hall–Kier alpha value is -0.850. The molecule has 1 saturated heterocycles. The first-order chi connectivity index (χ1) is 9.70. The summed E-state index contributed by atoms with van der Waals surface area (Å²) < 4.78 is 13.5. The van der Waals surface area contributed by atoms with E-state index in [9.17, 15) is 4.39 Å². The topological polar surface area (TPSA) is 27.6 Å². The van der Waals surface area contributed by atoms with Crippen LogP contribution in [0.15, 0.2) is 29.3 Å². The van der Waals surface area contributed by atoms with Gasteiger partial charge in [0.2, 0.25) is 0 Å². The van der Waals surface area contributed by atoms with Gasteiger partial charge in [-0.1, -0.05) is 25.1 Å². The molecule has 0 atom stereocenters. The van der Waals surface area contributed by atoms with Crippen molar-refractivity contribution in [2.45, 2.75) is 26.2 Å². The number of hydrogen-bond donors (Lipinski definition) is 1. The van der Waals surface area contributed by atoms with E-state index in [0.717, 1.165) is 30.5 Å². The van der Waals surface area contributed by atoms with Crippen molar-refractivity contribution < 1.29 is 4.39 Å². The first-order valence-electron chi connectivity index (χ1n) is 7.39. The lowest BCUT2D eigenvalue weighted by molar-refractivity contribution is 0.273. The lowest BCUT2D eigenvalue weighted by Gasteiger charge is -2.32. The number of rotatable bonds is 3. The number of halogens is 2. The van der Waals surface area contributed by atoms with Gasteiger partial charge in [-0.05, 0) is 36.8 Å². The Bertz CT molecular complexity index is 457. The van der Waals surface area contributed by atoms with Crippen LogP contribution in [0.2, 0.25) is 0 Å². The number of hydrogen-bond acceptors (Lipinski definition) is 1. The maximum atomic E-state index is 13.5. The molecule has 21 heavy (non-hydrogen) atoms. The van der Waals surface area contributed by atoms with Gasteiger partial charge >= 0.3 is 0 Å². The molecular weight excluding hydrogens is 380 g/mol. The van der Waals surface area contributed by atoms with Crippen molar-refractivity contribution in [3.63, 3.8) is 0 Å². The number of nitrogens with zero attached hydrogens (tertiary/aromatic N) is 2. The zero-order chi connectivity index (χ0) is 14.4. The van der Waals surface area contributed by atoms with Crippen LogP contribution in [0, 0.1) is 11.7 Å². The molecule has 0 unspecified atom stereocenters. The second kappa shape index (κ2) is 9.23. The lowest BCUT2D eigenvalue weighted by Crippen LogP contribution is -2.45. The maximum absolute atomic E-state index is 13.5. The molecule has 0 aromatic heterocycles. The molecule has 1 heterocycles. The molecule has 1 aliphatic rings. The van der Waals surface area contributed by atoms with Crippen molar-refractivity contribution in [1.82, 2.24) is 10.2 Å². The van der Waals surface area contributed by atoms with E-state index in [0.29, 0.717) is 13.0 Å². The summed E-state index contributed by atoms with van der Waals surface area (Å²) in [6, 6.07) is 6.94. The molecule has 0 bridgehead atoms. The van der Waals surface area contributed by atoms with E-state index < -0.39 is 0 Å². The number of benzene rings is 1. The van der Waals surface area contributed by atoms with E-state index in [1.54, 1.807) is 6.07 Å².